The maximum Gasteiger partial charge on any atom is 0.334 e. The Morgan fingerprint density at radius 1 is 1.80 bits per heavy atom. The standard InChI is InChI=1S/C9H15N3O3/c1-6(13)9(14)15-4-7(10)2-8-3-11-5-12-8/h3,5-7,13H,2,4,10H2,1H3,(H,11,12). The number of nitrogens with zero attached hydrogens (tertiary/aromatic N) is 1. The molecule has 0 aliphatic rings. The van der Waals surface area contributed by atoms with Gasteiger partial charge < -0.3 is 20.6 Å². The highest BCUT2D eigenvalue weighted by Crippen LogP contribution is 1.97. The topological polar surface area (TPSA) is 101 Å². The van der Waals surface area contributed by atoms with Gasteiger partial charge in [-0.15, -0.1) is 0 Å². The first-order chi connectivity index (χ1) is 7.09. The molecule has 1 rings (SSSR count). The van der Waals surface area contributed by atoms with Gasteiger partial charge in [0.25, 0.3) is 0 Å². The minimum absolute atomic E-state index is 0.0800. The zero-order chi connectivity index (χ0) is 11.3. The predicted octanol–water partition coefficient (Wildman–Crippen LogP) is -0.796. The number of imidazole rings is 1. The highest BCUT2D eigenvalue weighted by Gasteiger charge is 2.13. The van der Waals surface area contributed by atoms with E-state index < -0.39 is 12.1 Å². The molecule has 0 aliphatic carbocycles. The van der Waals surface area contributed by atoms with Gasteiger partial charge in [0, 0.05) is 18.7 Å². The molecule has 4 N–H and O–H groups in total. The minimum Gasteiger partial charge on any atom is -0.462 e. The number of esters is 1. The van der Waals surface area contributed by atoms with Crippen molar-refractivity contribution in [2.45, 2.75) is 25.5 Å². The van der Waals surface area contributed by atoms with E-state index in [4.69, 9.17) is 15.6 Å². The molecule has 0 aliphatic heterocycles. The van der Waals surface area contributed by atoms with Gasteiger partial charge in [-0.25, -0.2) is 9.78 Å². The van der Waals surface area contributed by atoms with E-state index in [1.165, 1.54) is 6.92 Å². The first-order valence-electron chi connectivity index (χ1n) is 4.67. The molecule has 6 heteroatoms. The fourth-order valence-corrected chi connectivity index (χ4v) is 1.04. The molecule has 2 atom stereocenters. The molecule has 0 radical (unpaired) electrons. The van der Waals surface area contributed by atoms with Crippen molar-refractivity contribution in [2.24, 2.45) is 5.73 Å². The van der Waals surface area contributed by atoms with Crippen LogP contribution < -0.4 is 5.73 Å². The van der Waals surface area contributed by atoms with E-state index in [1.54, 1.807) is 12.5 Å². The van der Waals surface area contributed by atoms with E-state index in [1.807, 2.05) is 0 Å². The smallest absolute Gasteiger partial charge is 0.334 e. The minimum atomic E-state index is -1.11. The van der Waals surface area contributed by atoms with Crippen LogP contribution in [0.1, 0.15) is 12.6 Å². The summed E-state index contributed by atoms with van der Waals surface area (Å²) in [6, 6.07) is -0.309. The molecule has 0 fully saturated rings. The number of nitrogens with two attached hydrogens (primary N) is 1. The first-order valence-corrected chi connectivity index (χ1v) is 4.67. The maximum atomic E-state index is 10.9. The number of carbonyl (C=O) groups excluding carboxylic acids is 1. The monoisotopic (exact) mass is 213 g/mol. The average molecular weight is 213 g/mol. The Morgan fingerprint density at radius 3 is 3.07 bits per heavy atom. The zero-order valence-corrected chi connectivity index (χ0v) is 8.51. The number of aliphatic hydroxyl groups excluding tert-OH is 1. The lowest BCUT2D eigenvalue weighted by atomic mass is 10.2. The molecule has 2 unspecified atom stereocenters. The number of H-pyrrole nitrogens is 1. The molecule has 0 aromatic carbocycles. The molecule has 6 nitrogen and oxygen atoms in total. The summed E-state index contributed by atoms with van der Waals surface area (Å²) < 4.78 is 4.76. The lowest BCUT2D eigenvalue weighted by molar-refractivity contribution is -0.153. The lowest BCUT2D eigenvalue weighted by Gasteiger charge is -2.11. The van der Waals surface area contributed by atoms with Crippen molar-refractivity contribution in [3.63, 3.8) is 0 Å². The van der Waals surface area contributed by atoms with Gasteiger partial charge in [-0.2, -0.15) is 0 Å². The maximum absolute atomic E-state index is 10.9. The van der Waals surface area contributed by atoms with Crippen LogP contribution in [0.2, 0.25) is 0 Å². The van der Waals surface area contributed by atoms with Gasteiger partial charge in [0.1, 0.15) is 12.7 Å². The van der Waals surface area contributed by atoms with Crippen molar-refractivity contribution in [2.75, 3.05) is 6.61 Å². The molecule has 15 heavy (non-hydrogen) atoms. The fourth-order valence-electron chi connectivity index (χ4n) is 1.04. The Labute approximate surface area is 87.5 Å². The number of rotatable bonds is 5. The first kappa shape index (κ1) is 11.7. The second-order valence-electron chi connectivity index (χ2n) is 3.33. The van der Waals surface area contributed by atoms with Crippen molar-refractivity contribution in [3.8, 4) is 0 Å². The Morgan fingerprint density at radius 2 is 2.53 bits per heavy atom. The molecule has 0 saturated carbocycles. The van der Waals surface area contributed by atoms with Crippen molar-refractivity contribution < 1.29 is 14.6 Å². The third-order valence-electron chi connectivity index (χ3n) is 1.81. The molecular formula is C9H15N3O3. The number of carbonyl (C=O) groups is 1. The SMILES string of the molecule is CC(O)C(=O)OCC(N)Cc1c[nH]cn1. The van der Waals surface area contributed by atoms with Crippen molar-refractivity contribution >= 4 is 5.97 Å². The number of aliphatic hydroxyl groups is 1. The third kappa shape index (κ3) is 4.09. The molecule has 0 bridgehead atoms. The second kappa shape index (κ2) is 5.47. The normalized spacial score (nSPS) is 14.6. The summed E-state index contributed by atoms with van der Waals surface area (Å²) in [4.78, 5) is 17.7. The van der Waals surface area contributed by atoms with E-state index >= 15 is 0 Å². The van der Waals surface area contributed by atoms with E-state index in [9.17, 15) is 4.79 Å². The summed E-state index contributed by atoms with van der Waals surface area (Å²) in [6.07, 6.45) is 2.71. The van der Waals surface area contributed by atoms with Crippen molar-refractivity contribution in [1.82, 2.24) is 9.97 Å². The van der Waals surface area contributed by atoms with Crippen LogP contribution in [0, 0.1) is 0 Å². The molecular weight excluding hydrogens is 198 g/mol. The Kier molecular flexibility index (Phi) is 4.26. The molecule has 0 amide bonds. The van der Waals surface area contributed by atoms with Crippen LogP contribution >= 0.6 is 0 Å². The summed E-state index contributed by atoms with van der Waals surface area (Å²) in [5.74, 6) is -0.660. The average Bonchev–Trinajstić information content (AvgIpc) is 2.66. The zero-order valence-electron chi connectivity index (χ0n) is 8.51. The summed E-state index contributed by atoms with van der Waals surface area (Å²) in [5, 5.41) is 8.86. The molecule has 1 aromatic rings. The summed E-state index contributed by atoms with van der Waals surface area (Å²) in [5.41, 5.74) is 6.52. The van der Waals surface area contributed by atoms with Crippen LogP contribution in [0.5, 0.6) is 0 Å². The third-order valence-corrected chi connectivity index (χ3v) is 1.81. The number of aromatic amines is 1. The molecule has 1 aromatic heterocycles. The number of nitrogens with one attached hydrogen (secondary N) is 1. The van der Waals surface area contributed by atoms with Gasteiger partial charge in [-0.3, -0.25) is 0 Å². The second-order valence-corrected chi connectivity index (χ2v) is 3.33. The number of aromatic nitrogens is 2. The molecule has 0 saturated heterocycles. The summed E-state index contributed by atoms with van der Waals surface area (Å²) >= 11 is 0. The number of ether oxygens (including phenoxy) is 1. The lowest BCUT2D eigenvalue weighted by Crippen LogP contribution is -2.32. The quantitative estimate of drug-likeness (QED) is 0.556. The molecule has 84 valence electrons. The highest BCUT2D eigenvalue weighted by atomic mass is 16.5. The van der Waals surface area contributed by atoms with Crippen LogP contribution in [-0.2, 0) is 16.0 Å². The van der Waals surface area contributed by atoms with Gasteiger partial charge in [-0.1, -0.05) is 0 Å². The summed E-state index contributed by atoms with van der Waals surface area (Å²) in [7, 11) is 0. The molecule has 1 heterocycles. The Bertz CT molecular complexity index is 298. The number of hydrogen-bond acceptors (Lipinski definition) is 5. The van der Waals surface area contributed by atoms with E-state index in [2.05, 4.69) is 9.97 Å². The van der Waals surface area contributed by atoms with Gasteiger partial charge in [0.15, 0.2) is 0 Å². The van der Waals surface area contributed by atoms with Gasteiger partial charge in [0.05, 0.1) is 12.0 Å². The Hall–Kier alpha value is -1.40. The van der Waals surface area contributed by atoms with E-state index in [-0.39, 0.29) is 12.6 Å². The highest BCUT2D eigenvalue weighted by molar-refractivity contribution is 5.73. The number of hydrogen-bond donors (Lipinski definition) is 3. The Balaban J connectivity index is 2.25. The predicted molar refractivity (Wildman–Crippen MR) is 52.9 cm³/mol. The largest absolute Gasteiger partial charge is 0.462 e. The van der Waals surface area contributed by atoms with Crippen LogP contribution in [0.25, 0.3) is 0 Å². The van der Waals surface area contributed by atoms with E-state index in [0.717, 1.165) is 5.69 Å². The summed E-state index contributed by atoms with van der Waals surface area (Å²) in [6.45, 7) is 1.43. The van der Waals surface area contributed by atoms with Crippen LogP contribution in [-0.4, -0.2) is 39.8 Å². The van der Waals surface area contributed by atoms with Gasteiger partial charge in [-0.05, 0) is 6.92 Å². The van der Waals surface area contributed by atoms with Crippen molar-refractivity contribution in [3.05, 3.63) is 18.2 Å². The van der Waals surface area contributed by atoms with Crippen molar-refractivity contribution in [1.29, 1.82) is 0 Å². The van der Waals surface area contributed by atoms with Crippen LogP contribution in [0.4, 0.5) is 0 Å². The van der Waals surface area contributed by atoms with Crippen LogP contribution in [0.15, 0.2) is 12.5 Å². The van der Waals surface area contributed by atoms with E-state index in [0.29, 0.717) is 6.42 Å². The van der Waals surface area contributed by atoms with Crippen LogP contribution in [0.3, 0.4) is 0 Å². The van der Waals surface area contributed by atoms with Gasteiger partial charge >= 0.3 is 5.97 Å². The molecule has 0 spiro atoms. The fraction of sp³-hybridized carbons (Fsp3) is 0.556. The van der Waals surface area contributed by atoms with Gasteiger partial charge in [0.2, 0.25) is 0 Å².